The van der Waals surface area contributed by atoms with Crippen molar-refractivity contribution in [2.24, 2.45) is 0 Å². The first-order chi connectivity index (χ1) is 10.1. The zero-order chi connectivity index (χ0) is 14.8. The maximum atomic E-state index is 13.3. The summed E-state index contributed by atoms with van der Waals surface area (Å²) in [4.78, 5) is 8.43. The molecule has 21 heavy (non-hydrogen) atoms. The highest BCUT2D eigenvalue weighted by atomic mass is 79.9. The third kappa shape index (κ3) is 3.08. The highest BCUT2D eigenvalue weighted by Crippen LogP contribution is 2.26. The van der Waals surface area contributed by atoms with E-state index in [1.807, 2.05) is 24.3 Å². The van der Waals surface area contributed by atoms with Gasteiger partial charge in [-0.3, -0.25) is 0 Å². The number of rotatable bonds is 2. The number of nitrogen functional groups attached to an aromatic ring is 1. The summed E-state index contributed by atoms with van der Waals surface area (Å²) in [6.07, 6.45) is 0. The van der Waals surface area contributed by atoms with Crippen LogP contribution in [-0.4, -0.2) is 9.97 Å². The van der Waals surface area contributed by atoms with Crippen LogP contribution >= 0.6 is 15.9 Å². The predicted molar refractivity (Wildman–Crippen MR) is 85.0 cm³/mol. The SMILES string of the molecule is Nc1nc(-c2cccc(F)c2)cc(-c2cccc(Br)c2)n1. The molecule has 0 radical (unpaired) electrons. The minimum absolute atomic E-state index is 0.159. The van der Waals surface area contributed by atoms with Crippen LogP contribution < -0.4 is 5.73 Å². The quantitative estimate of drug-likeness (QED) is 0.754. The predicted octanol–water partition coefficient (Wildman–Crippen LogP) is 4.29. The Morgan fingerprint density at radius 2 is 1.48 bits per heavy atom. The number of halogens is 2. The molecule has 0 aliphatic rings. The summed E-state index contributed by atoms with van der Waals surface area (Å²) in [6, 6.07) is 15.8. The topological polar surface area (TPSA) is 51.8 Å². The Hall–Kier alpha value is -2.27. The molecule has 0 spiro atoms. The van der Waals surface area contributed by atoms with Gasteiger partial charge in [0.25, 0.3) is 0 Å². The lowest BCUT2D eigenvalue weighted by Crippen LogP contribution is -1.98. The number of aromatic nitrogens is 2. The second-order valence-electron chi connectivity index (χ2n) is 4.52. The summed E-state index contributed by atoms with van der Waals surface area (Å²) in [7, 11) is 0. The Morgan fingerprint density at radius 1 is 0.857 bits per heavy atom. The number of anilines is 1. The zero-order valence-corrected chi connectivity index (χ0v) is 12.5. The van der Waals surface area contributed by atoms with Crippen LogP contribution in [0.25, 0.3) is 22.5 Å². The Bertz CT molecular complexity index is 741. The van der Waals surface area contributed by atoms with Crippen LogP contribution in [0.2, 0.25) is 0 Å². The van der Waals surface area contributed by atoms with Crippen molar-refractivity contribution < 1.29 is 4.39 Å². The number of hydrogen-bond acceptors (Lipinski definition) is 3. The Balaban J connectivity index is 2.12. The number of nitrogens with two attached hydrogens (primary N) is 1. The zero-order valence-electron chi connectivity index (χ0n) is 10.9. The van der Waals surface area contributed by atoms with Crippen LogP contribution in [0, 0.1) is 5.82 Å². The molecule has 0 unspecified atom stereocenters. The second kappa shape index (κ2) is 5.61. The number of hydrogen-bond donors (Lipinski definition) is 1. The first kappa shape index (κ1) is 13.7. The fraction of sp³-hybridized carbons (Fsp3) is 0. The van der Waals surface area contributed by atoms with Crippen LogP contribution in [0.3, 0.4) is 0 Å². The molecule has 2 N–H and O–H groups in total. The van der Waals surface area contributed by atoms with Crippen molar-refractivity contribution in [1.82, 2.24) is 9.97 Å². The van der Waals surface area contributed by atoms with Gasteiger partial charge in [-0.25, -0.2) is 14.4 Å². The fourth-order valence-electron chi connectivity index (χ4n) is 2.06. The van der Waals surface area contributed by atoms with Crippen LogP contribution in [0.4, 0.5) is 10.3 Å². The molecule has 3 aromatic rings. The fourth-order valence-corrected chi connectivity index (χ4v) is 2.46. The number of benzene rings is 2. The van der Waals surface area contributed by atoms with Gasteiger partial charge in [-0.05, 0) is 30.3 Å². The van der Waals surface area contributed by atoms with Gasteiger partial charge in [-0.2, -0.15) is 0 Å². The van der Waals surface area contributed by atoms with E-state index < -0.39 is 0 Å². The van der Waals surface area contributed by atoms with Gasteiger partial charge in [-0.1, -0.05) is 40.2 Å². The van der Waals surface area contributed by atoms with Gasteiger partial charge in [0.15, 0.2) is 0 Å². The monoisotopic (exact) mass is 343 g/mol. The highest BCUT2D eigenvalue weighted by molar-refractivity contribution is 9.10. The second-order valence-corrected chi connectivity index (χ2v) is 5.43. The van der Waals surface area contributed by atoms with Gasteiger partial charge < -0.3 is 5.73 Å². The molecule has 3 rings (SSSR count). The summed E-state index contributed by atoms with van der Waals surface area (Å²) in [5.41, 5.74) is 8.65. The average molecular weight is 344 g/mol. The summed E-state index contributed by atoms with van der Waals surface area (Å²) < 4.78 is 14.3. The largest absolute Gasteiger partial charge is 0.368 e. The molecular weight excluding hydrogens is 333 g/mol. The van der Waals surface area contributed by atoms with Crippen molar-refractivity contribution in [2.45, 2.75) is 0 Å². The van der Waals surface area contributed by atoms with Gasteiger partial charge in [0.1, 0.15) is 5.82 Å². The third-order valence-corrected chi connectivity index (χ3v) is 3.48. The molecule has 0 aliphatic heterocycles. The van der Waals surface area contributed by atoms with Crippen LogP contribution in [-0.2, 0) is 0 Å². The maximum absolute atomic E-state index is 13.3. The lowest BCUT2D eigenvalue weighted by Gasteiger charge is -2.07. The van der Waals surface area contributed by atoms with E-state index in [1.54, 1.807) is 18.2 Å². The Kier molecular flexibility index (Phi) is 3.66. The lowest BCUT2D eigenvalue weighted by molar-refractivity contribution is 0.628. The molecule has 0 bridgehead atoms. The van der Waals surface area contributed by atoms with E-state index in [1.165, 1.54) is 12.1 Å². The van der Waals surface area contributed by atoms with E-state index in [2.05, 4.69) is 25.9 Å². The normalized spacial score (nSPS) is 10.6. The van der Waals surface area contributed by atoms with Gasteiger partial charge in [0, 0.05) is 15.6 Å². The maximum Gasteiger partial charge on any atom is 0.221 e. The standard InChI is InChI=1S/C16H11BrFN3/c17-12-5-1-3-10(7-12)14-9-15(21-16(19)20-14)11-4-2-6-13(18)8-11/h1-9H,(H2,19,20,21). The average Bonchev–Trinajstić information content (AvgIpc) is 2.46. The summed E-state index contributed by atoms with van der Waals surface area (Å²) in [6.45, 7) is 0. The van der Waals surface area contributed by atoms with Crippen molar-refractivity contribution in [3.05, 3.63) is 64.9 Å². The first-order valence-electron chi connectivity index (χ1n) is 6.28. The molecule has 0 amide bonds. The van der Waals surface area contributed by atoms with E-state index in [0.717, 1.165) is 10.0 Å². The highest BCUT2D eigenvalue weighted by Gasteiger charge is 2.08. The summed E-state index contributed by atoms with van der Waals surface area (Å²) in [5, 5.41) is 0. The van der Waals surface area contributed by atoms with Crippen molar-refractivity contribution in [1.29, 1.82) is 0 Å². The third-order valence-electron chi connectivity index (χ3n) is 2.98. The lowest BCUT2D eigenvalue weighted by atomic mass is 10.1. The van der Waals surface area contributed by atoms with Gasteiger partial charge in [0.2, 0.25) is 5.95 Å². The molecule has 1 heterocycles. The Labute approximate surface area is 129 Å². The van der Waals surface area contributed by atoms with E-state index in [0.29, 0.717) is 17.0 Å². The van der Waals surface area contributed by atoms with Crippen molar-refractivity contribution in [3.8, 4) is 22.5 Å². The Morgan fingerprint density at radius 3 is 2.10 bits per heavy atom. The molecule has 3 nitrogen and oxygen atoms in total. The molecule has 0 atom stereocenters. The van der Waals surface area contributed by atoms with Crippen molar-refractivity contribution >= 4 is 21.9 Å². The summed E-state index contributed by atoms with van der Waals surface area (Å²) >= 11 is 3.43. The molecule has 0 saturated heterocycles. The van der Waals surface area contributed by atoms with Crippen LogP contribution in [0.1, 0.15) is 0 Å². The molecule has 0 saturated carbocycles. The minimum Gasteiger partial charge on any atom is -0.368 e. The van der Waals surface area contributed by atoms with E-state index in [4.69, 9.17) is 5.73 Å². The first-order valence-corrected chi connectivity index (χ1v) is 7.07. The van der Waals surface area contributed by atoms with E-state index in [-0.39, 0.29) is 11.8 Å². The minimum atomic E-state index is -0.311. The van der Waals surface area contributed by atoms with Gasteiger partial charge in [0.05, 0.1) is 11.4 Å². The van der Waals surface area contributed by atoms with Crippen molar-refractivity contribution in [2.75, 3.05) is 5.73 Å². The van der Waals surface area contributed by atoms with Crippen molar-refractivity contribution in [3.63, 3.8) is 0 Å². The van der Waals surface area contributed by atoms with Crippen LogP contribution in [0.5, 0.6) is 0 Å². The molecule has 5 heteroatoms. The van der Waals surface area contributed by atoms with Gasteiger partial charge >= 0.3 is 0 Å². The molecular formula is C16H11BrFN3. The van der Waals surface area contributed by atoms with E-state index >= 15 is 0 Å². The molecule has 0 aliphatic carbocycles. The molecule has 0 fully saturated rings. The molecule has 104 valence electrons. The van der Waals surface area contributed by atoms with Gasteiger partial charge in [-0.15, -0.1) is 0 Å². The smallest absolute Gasteiger partial charge is 0.221 e. The molecule has 2 aromatic carbocycles. The molecule has 1 aromatic heterocycles. The summed E-state index contributed by atoms with van der Waals surface area (Å²) in [5.74, 6) is -0.152. The van der Waals surface area contributed by atoms with E-state index in [9.17, 15) is 4.39 Å². The van der Waals surface area contributed by atoms with Crippen LogP contribution in [0.15, 0.2) is 59.1 Å². The number of nitrogens with zero attached hydrogens (tertiary/aromatic N) is 2.